The van der Waals surface area contributed by atoms with Crippen LogP contribution >= 0.6 is 11.6 Å². The Morgan fingerprint density at radius 3 is 2.41 bits per heavy atom. The molecule has 2 aromatic rings. The van der Waals surface area contributed by atoms with Crippen molar-refractivity contribution in [1.29, 1.82) is 0 Å². The van der Waals surface area contributed by atoms with Crippen LogP contribution in [-0.4, -0.2) is 6.04 Å². The van der Waals surface area contributed by atoms with Gasteiger partial charge in [-0.05, 0) is 93.9 Å². The van der Waals surface area contributed by atoms with E-state index in [2.05, 4.69) is 37.4 Å². The van der Waals surface area contributed by atoms with Crippen LogP contribution in [0.25, 0.3) is 11.3 Å². The Balaban J connectivity index is 1.27. The highest BCUT2D eigenvalue weighted by Crippen LogP contribution is 2.60. The Morgan fingerprint density at radius 1 is 1.07 bits per heavy atom. The molecule has 4 fully saturated rings. The van der Waals surface area contributed by atoms with Gasteiger partial charge in [-0.2, -0.15) is 0 Å². The lowest BCUT2D eigenvalue weighted by Gasteiger charge is -2.57. The largest absolute Gasteiger partial charge is 0.455 e. The van der Waals surface area contributed by atoms with Crippen LogP contribution in [0, 0.1) is 30.1 Å². The summed E-state index contributed by atoms with van der Waals surface area (Å²) in [6, 6.07) is 10.9. The van der Waals surface area contributed by atoms with Gasteiger partial charge in [-0.25, -0.2) is 0 Å². The van der Waals surface area contributed by atoms with Crippen molar-refractivity contribution in [1.82, 2.24) is 0 Å². The minimum absolute atomic E-state index is 0.591. The van der Waals surface area contributed by atoms with Crippen LogP contribution in [0.3, 0.4) is 0 Å². The molecule has 1 atom stereocenters. The van der Waals surface area contributed by atoms with Crippen molar-refractivity contribution in [2.75, 3.05) is 0 Å². The summed E-state index contributed by atoms with van der Waals surface area (Å²) in [7, 11) is 0. The van der Waals surface area contributed by atoms with E-state index in [-0.39, 0.29) is 0 Å². The van der Waals surface area contributed by atoms with Crippen LogP contribution in [0.4, 0.5) is 0 Å². The molecule has 1 aromatic heterocycles. The Bertz CT molecular complexity index is 803. The van der Waals surface area contributed by atoms with Crippen molar-refractivity contribution >= 4 is 11.6 Å². The second-order valence-electron chi connectivity index (χ2n) is 9.69. The third-order valence-corrected chi connectivity index (χ3v) is 8.33. The van der Waals surface area contributed by atoms with Crippen molar-refractivity contribution in [3.63, 3.8) is 0 Å². The van der Waals surface area contributed by atoms with Crippen molar-refractivity contribution < 1.29 is 9.73 Å². The van der Waals surface area contributed by atoms with Crippen LogP contribution in [0.5, 0.6) is 0 Å². The summed E-state index contributed by atoms with van der Waals surface area (Å²) in [4.78, 5) is 0. The van der Waals surface area contributed by atoms with E-state index in [0.29, 0.717) is 11.5 Å². The van der Waals surface area contributed by atoms with Crippen molar-refractivity contribution in [3.05, 3.63) is 46.7 Å². The smallest absolute Gasteiger partial charge is 0.158 e. The zero-order valence-electron chi connectivity index (χ0n) is 16.5. The molecular weight excluding hydrogens is 354 g/mol. The number of quaternary nitrogens is 1. The first-order chi connectivity index (χ1) is 13.0. The molecule has 27 heavy (non-hydrogen) atoms. The van der Waals surface area contributed by atoms with Crippen molar-refractivity contribution in [3.8, 4) is 11.3 Å². The fourth-order valence-corrected chi connectivity index (χ4v) is 6.96. The number of hydrogen-bond acceptors (Lipinski definition) is 1. The number of hydrogen-bond donors (Lipinski definition) is 1. The van der Waals surface area contributed by atoms with Crippen molar-refractivity contribution in [2.24, 2.45) is 23.2 Å². The molecule has 0 saturated heterocycles. The Labute approximate surface area is 167 Å². The van der Waals surface area contributed by atoms with Gasteiger partial charge in [-0.1, -0.05) is 23.7 Å². The molecule has 4 bridgehead atoms. The van der Waals surface area contributed by atoms with E-state index in [0.717, 1.165) is 52.0 Å². The average Bonchev–Trinajstić information content (AvgIpc) is 3.09. The lowest BCUT2D eigenvalue weighted by molar-refractivity contribution is -0.718. The van der Waals surface area contributed by atoms with E-state index in [4.69, 9.17) is 16.0 Å². The summed E-state index contributed by atoms with van der Waals surface area (Å²) >= 11 is 6.28. The predicted molar refractivity (Wildman–Crippen MR) is 110 cm³/mol. The first kappa shape index (κ1) is 17.8. The molecule has 2 nitrogen and oxygen atoms in total. The van der Waals surface area contributed by atoms with E-state index < -0.39 is 0 Å². The topological polar surface area (TPSA) is 29.8 Å². The standard InChI is InChI=1S/C24H30ClNO/c1-15-21(4-3-5-22(15)25)23-7-6-20(27-23)14-26-16(2)24-11-17-8-18(12-24)10-19(9-17)13-24/h3-7,16-19,26H,8-14H2,1-2H3/p+1/t16-,17?,18?,19?,24?/m0/s1. The molecule has 0 amide bonds. The van der Waals surface area contributed by atoms with Gasteiger partial charge in [0, 0.05) is 16.0 Å². The van der Waals surface area contributed by atoms with Gasteiger partial charge >= 0.3 is 0 Å². The van der Waals surface area contributed by atoms with Gasteiger partial charge in [0.15, 0.2) is 5.76 Å². The second-order valence-corrected chi connectivity index (χ2v) is 10.1. The van der Waals surface area contributed by atoms with Crippen LogP contribution in [-0.2, 0) is 6.54 Å². The van der Waals surface area contributed by atoms with Crippen LogP contribution < -0.4 is 5.32 Å². The molecular formula is C24H31ClNO+. The van der Waals surface area contributed by atoms with E-state index in [1.807, 2.05) is 12.1 Å². The third kappa shape index (κ3) is 3.15. The molecule has 1 aromatic carbocycles. The molecule has 0 aliphatic heterocycles. The summed E-state index contributed by atoms with van der Waals surface area (Å²) < 4.78 is 6.18. The highest BCUT2D eigenvalue weighted by molar-refractivity contribution is 6.31. The number of benzene rings is 1. The fraction of sp³-hybridized carbons (Fsp3) is 0.583. The average molecular weight is 385 g/mol. The summed E-state index contributed by atoms with van der Waals surface area (Å²) in [6.07, 6.45) is 8.98. The Morgan fingerprint density at radius 2 is 1.74 bits per heavy atom. The van der Waals surface area contributed by atoms with Gasteiger partial charge < -0.3 is 9.73 Å². The lowest BCUT2D eigenvalue weighted by atomic mass is 9.48. The minimum Gasteiger partial charge on any atom is -0.455 e. The summed E-state index contributed by atoms with van der Waals surface area (Å²) in [5.74, 6) is 5.07. The molecule has 0 unspecified atom stereocenters. The van der Waals surface area contributed by atoms with Crippen molar-refractivity contribution in [2.45, 2.75) is 65.0 Å². The number of nitrogens with two attached hydrogens (primary N) is 1. The first-order valence-corrected chi connectivity index (χ1v) is 11.1. The zero-order valence-corrected chi connectivity index (χ0v) is 17.3. The molecule has 0 radical (unpaired) electrons. The number of furan rings is 1. The van der Waals surface area contributed by atoms with E-state index in [1.165, 1.54) is 38.5 Å². The molecule has 6 rings (SSSR count). The second kappa shape index (κ2) is 6.67. The van der Waals surface area contributed by atoms with Gasteiger partial charge in [0.05, 0.1) is 6.04 Å². The Kier molecular flexibility index (Phi) is 4.40. The highest BCUT2D eigenvalue weighted by Gasteiger charge is 2.54. The maximum absolute atomic E-state index is 6.28. The normalized spacial score (nSPS) is 32.8. The number of halogens is 1. The SMILES string of the molecule is Cc1c(Cl)cccc1-c1ccc(C[NH2+][C@@H](C)C23CC4CC(CC(C4)C2)C3)o1. The van der Waals surface area contributed by atoms with Gasteiger partial charge in [0.25, 0.3) is 0 Å². The fourth-order valence-electron chi connectivity index (χ4n) is 6.79. The van der Waals surface area contributed by atoms with Gasteiger partial charge in [0.1, 0.15) is 12.3 Å². The number of rotatable bonds is 5. The molecule has 4 aliphatic carbocycles. The predicted octanol–water partition coefficient (Wildman–Crippen LogP) is 5.58. The minimum atomic E-state index is 0.591. The van der Waals surface area contributed by atoms with E-state index in [1.54, 1.807) is 0 Å². The molecule has 4 aliphatic rings. The molecule has 1 heterocycles. The zero-order chi connectivity index (χ0) is 18.6. The van der Waals surface area contributed by atoms with Crippen LogP contribution in [0.1, 0.15) is 56.8 Å². The summed E-state index contributed by atoms with van der Waals surface area (Å²) in [5.41, 5.74) is 2.78. The van der Waals surface area contributed by atoms with Crippen LogP contribution in [0.2, 0.25) is 5.02 Å². The quantitative estimate of drug-likeness (QED) is 0.716. The lowest BCUT2D eigenvalue weighted by Crippen LogP contribution is -2.91. The molecule has 144 valence electrons. The monoisotopic (exact) mass is 384 g/mol. The van der Waals surface area contributed by atoms with E-state index >= 15 is 0 Å². The third-order valence-electron chi connectivity index (χ3n) is 7.92. The first-order valence-electron chi connectivity index (χ1n) is 10.7. The summed E-state index contributed by atoms with van der Waals surface area (Å²) in [5, 5.41) is 3.34. The molecule has 3 heteroatoms. The van der Waals surface area contributed by atoms with Gasteiger partial charge in [-0.3, -0.25) is 0 Å². The van der Waals surface area contributed by atoms with Gasteiger partial charge in [0.2, 0.25) is 0 Å². The van der Waals surface area contributed by atoms with E-state index in [9.17, 15) is 0 Å². The molecule has 4 saturated carbocycles. The maximum atomic E-state index is 6.28. The Hall–Kier alpha value is -1.25. The highest BCUT2D eigenvalue weighted by atomic mass is 35.5. The summed E-state index contributed by atoms with van der Waals surface area (Å²) in [6.45, 7) is 5.46. The van der Waals surface area contributed by atoms with Gasteiger partial charge in [-0.15, -0.1) is 0 Å². The van der Waals surface area contributed by atoms with Crippen LogP contribution in [0.15, 0.2) is 34.7 Å². The molecule has 2 N–H and O–H groups in total. The molecule has 0 spiro atoms. The maximum Gasteiger partial charge on any atom is 0.158 e.